The van der Waals surface area contributed by atoms with Crippen molar-refractivity contribution in [1.29, 1.82) is 0 Å². The van der Waals surface area contributed by atoms with Gasteiger partial charge in [0, 0.05) is 11.3 Å². The Morgan fingerprint density at radius 2 is 1.73 bits per heavy atom. The number of rotatable bonds is 6. The minimum Gasteiger partial charge on any atom is -0.398 e. The van der Waals surface area contributed by atoms with Crippen molar-refractivity contribution in [2.75, 3.05) is 12.3 Å². The molecule has 2 aromatic rings. The van der Waals surface area contributed by atoms with Gasteiger partial charge in [0.05, 0.1) is 5.56 Å². The smallest absolute Gasteiger partial charge is 0.198 e. The monoisotopic (exact) mass is 350 g/mol. The summed E-state index contributed by atoms with van der Waals surface area (Å²) in [5.41, 5.74) is 7.64. The average molecular weight is 350 g/mol. The van der Waals surface area contributed by atoms with Crippen LogP contribution in [0, 0.1) is 0 Å². The SMILES string of the molecule is CCCCNC1(c2ccc(C(C)C)cc2)C(=O)c2cccc(N)c2C1=O. The molecule has 0 fully saturated rings. The predicted molar refractivity (Wildman–Crippen MR) is 105 cm³/mol. The van der Waals surface area contributed by atoms with E-state index in [0.717, 1.165) is 12.8 Å². The zero-order valence-electron chi connectivity index (χ0n) is 15.6. The van der Waals surface area contributed by atoms with E-state index >= 15 is 0 Å². The molecule has 2 aromatic carbocycles. The Balaban J connectivity index is 2.13. The van der Waals surface area contributed by atoms with Gasteiger partial charge in [-0.2, -0.15) is 0 Å². The summed E-state index contributed by atoms with van der Waals surface area (Å²) < 4.78 is 0. The molecule has 3 N–H and O–H groups in total. The first-order valence-electron chi connectivity index (χ1n) is 9.27. The molecular formula is C22H26N2O2. The number of hydrogen-bond acceptors (Lipinski definition) is 4. The van der Waals surface area contributed by atoms with E-state index in [-0.39, 0.29) is 11.6 Å². The molecule has 3 rings (SSSR count). The van der Waals surface area contributed by atoms with Crippen molar-refractivity contribution in [2.24, 2.45) is 0 Å². The van der Waals surface area contributed by atoms with Crippen LogP contribution in [0.5, 0.6) is 0 Å². The minimum absolute atomic E-state index is 0.210. The number of fused-ring (bicyclic) bond motifs is 1. The number of nitrogens with two attached hydrogens (primary N) is 1. The maximum Gasteiger partial charge on any atom is 0.198 e. The highest BCUT2D eigenvalue weighted by molar-refractivity contribution is 6.34. The first-order chi connectivity index (χ1) is 12.4. The van der Waals surface area contributed by atoms with Crippen LogP contribution >= 0.6 is 0 Å². The van der Waals surface area contributed by atoms with Crippen LogP contribution in [0.3, 0.4) is 0 Å². The van der Waals surface area contributed by atoms with Crippen LogP contribution in [0.1, 0.15) is 71.4 Å². The number of carbonyl (C=O) groups excluding carboxylic acids is 2. The third kappa shape index (κ3) is 2.74. The fourth-order valence-corrected chi connectivity index (χ4v) is 3.60. The fourth-order valence-electron chi connectivity index (χ4n) is 3.60. The number of carbonyl (C=O) groups is 2. The number of nitrogen functional groups attached to an aromatic ring is 1. The third-order valence-electron chi connectivity index (χ3n) is 5.18. The van der Waals surface area contributed by atoms with E-state index in [1.165, 1.54) is 5.56 Å². The molecule has 4 heteroatoms. The van der Waals surface area contributed by atoms with Gasteiger partial charge < -0.3 is 5.73 Å². The number of ketones is 2. The number of benzene rings is 2. The standard InChI is InChI=1S/C22H26N2O2/c1-4-5-13-24-22(16-11-9-15(10-12-16)14(2)3)20(25)17-7-6-8-18(23)19(17)21(22)26/h6-12,14,24H,4-5,13,23H2,1-3H3. The first kappa shape index (κ1) is 18.3. The van der Waals surface area contributed by atoms with Gasteiger partial charge in [0.1, 0.15) is 0 Å². The Morgan fingerprint density at radius 3 is 2.31 bits per heavy atom. The molecule has 4 nitrogen and oxygen atoms in total. The fraction of sp³-hybridized carbons (Fsp3) is 0.364. The van der Waals surface area contributed by atoms with Gasteiger partial charge >= 0.3 is 0 Å². The van der Waals surface area contributed by atoms with Gasteiger partial charge in [0.15, 0.2) is 17.1 Å². The highest BCUT2D eigenvalue weighted by atomic mass is 16.2. The molecule has 0 heterocycles. The van der Waals surface area contributed by atoms with Crippen molar-refractivity contribution in [3.05, 3.63) is 64.7 Å². The van der Waals surface area contributed by atoms with Crippen molar-refractivity contribution < 1.29 is 9.59 Å². The van der Waals surface area contributed by atoms with Crippen molar-refractivity contribution in [3.8, 4) is 0 Å². The summed E-state index contributed by atoms with van der Waals surface area (Å²) in [5, 5.41) is 3.28. The summed E-state index contributed by atoms with van der Waals surface area (Å²) in [7, 11) is 0. The molecule has 0 spiro atoms. The van der Waals surface area contributed by atoms with Gasteiger partial charge in [-0.05, 0) is 36.1 Å². The normalized spacial score (nSPS) is 19.2. The zero-order valence-corrected chi connectivity index (χ0v) is 15.6. The summed E-state index contributed by atoms with van der Waals surface area (Å²) in [5.74, 6) is -0.0712. The molecule has 1 unspecified atom stereocenters. The second-order valence-corrected chi connectivity index (χ2v) is 7.24. The van der Waals surface area contributed by atoms with Crippen LogP contribution in [0.25, 0.3) is 0 Å². The summed E-state index contributed by atoms with van der Waals surface area (Å²) in [6.45, 7) is 6.91. The summed E-state index contributed by atoms with van der Waals surface area (Å²) in [6.07, 6.45) is 1.87. The molecule has 0 radical (unpaired) electrons. The van der Waals surface area contributed by atoms with Crippen molar-refractivity contribution >= 4 is 17.3 Å². The van der Waals surface area contributed by atoms with Crippen LogP contribution in [-0.2, 0) is 5.54 Å². The van der Waals surface area contributed by atoms with Crippen molar-refractivity contribution in [1.82, 2.24) is 5.32 Å². The number of anilines is 1. The van der Waals surface area contributed by atoms with Crippen LogP contribution in [0.2, 0.25) is 0 Å². The summed E-state index contributed by atoms with van der Waals surface area (Å²) in [6, 6.07) is 12.9. The minimum atomic E-state index is -1.37. The number of Topliss-reactive ketones (excluding diaryl/α,β-unsaturated/α-hetero) is 2. The molecule has 1 aliphatic carbocycles. The third-order valence-corrected chi connectivity index (χ3v) is 5.18. The molecule has 0 saturated heterocycles. The molecular weight excluding hydrogens is 324 g/mol. The Hall–Kier alpha value is -2.46. The molecule has 0 amide bonds. The topological polar surface area (TPSA) is 72.2 Å². The van der Waals surface area contributed by atoms with Gasteiger partial charge in [-0.25, -0.2) is 0 Å². The quantitative estimate of drug-likeness (QED) is 0.468. The lowest BCUT2D eigenvalue weighted by molar-refractivity contribution is 0.0755. The van der Waals surface area contributed by atoms with E-state index in [1.807, 2.05) is 24.3 Å². The average Bonchev–Trinajstić information content (AvgIpc) is 2.85. The molecule has 136 valence electrons. The number of hydrogen-bond donors (Lipinski definition) is 2. The number of unbranched alkanes of at least 4 members (excludes halogenated alkanes) is 1. The van der Waals surface area contributed by atoms with Gasteiger partial charge in [0.2, 0.25) is 0 Å². The largest absolute Gasteiger partial charge is 0.398 e. The van der Waals surface area contributed by atoms with Crippen LogP contribution < -0.4 is 11.1 Å². The molecule has 0 saturated carbocycles. The highest BCUT2D eigenvalue weighted by Crippen LogP contribution is 2.40. The van der Waals surface area contributed by atoms with Gasteiger partial charge in [-0.1, -0.05) is 63.6 Å². The molecule has 0 bridgehead atoms. The second-order valence-electron chi connectivity index (χ2n) is 7.24. The van der Waals surface area contributed by atoms with E-state index in [2.05, 4.69) is 26.1 Å². The highest BCUT2D eigenvalue weighted by Gasteiger charge is 2.54. The van der Waals surface area contributed by atoms with Crippen LogP contribution in [-0.4, -0.2) is 18.1 Å². The maximum atomic E-state index is 13.4. The van der Waals surface area contributed by atoms with E-state index in [4.69, 9.17) is 5.73 Å². The van der Waals surface area contributed by atoms with E-state index in [9.17, 15) is 9.59 Å². The van der Waals surface area contributed by atoms with Gasteiger partial charge in [-0.15, -0.1) is 0 Å². The van der Waals surface area contributed by atoms with Crippen LogP contribution in [0.4, 0.5) is 5.69 Å². The van der Waals surface area contributed by atoms with Gasteiger partial charge in [-0.3, -0.25) is 14.9 Å². The van der Waals surface area contributed by atoms with Gasteiger partial charge in [0.25, 0.3) is 0 Å². The lowest BCUT2D eigenvalue weighted by atomic mass is 9.83. The van der Waals surface area contributed by atoms with Crippen molar-refractivity contribution in [2.45, 2.75) is 45.1 Å². The molecule has 26 heavy (non-hydrogen) atoms. The van der Waals surface area contributed by atoms with Crippen molar-refractivity contribution in [3.63, 3.8) is 0 Å². The predicted octanol–water partition coefficient (Wildman–Crippen LogP) is 4.06. The maximum absolute atomic E-state index is 13.4. The van der Waals surface area contributed by atoms with E-state index < -0.39 is 5.54 Å². The summed E-state index contributed by atoms with van der Waals surface area (Å²) in [4.78, 5) is 26.8. The second kappa shape index (κ2) is 7.04. The lowest BCUT2D eigenvalue weighted by Crippen LogP contribution is -2.52. The summed E-state index contributed by atoms with van der Waals surface area (Å²) >= 11 is 0. The Labute approximate surface area is 154 Å². The lowest BCUT2D eigenvalue weighted by Gasteiger charge is -2.28. The van der Waals surface area contributed by atoms with E-state index in [1.54, 1.807) is 18.2 Å². The molecule has 1 aliphatic rings. The zero-order chi connectivity index (χ0) is 18.9. The molecule has 0 aromatic heterocycles. The Morgan fingerprint density at radius 1 is 1.04 bits per heavy atom. The molecule has 1 atom stereocenters. The van der Waals surface area contributed by atoms with E-state index in [0.29, 0.717) is 34.8 Å². The first-order valence-corrected chi connectivity index (χ1v) is 9.27. The number of nitrogens with one attached hydrogen (secondary N) is 1. The Kier molecular flexibility index (Phi) is 4.97. The molecule has 0 aliphatic heterocycles. The van der Waals surface area contributed by atoms with Crippen LogP contribution in [0.15, 0.2) is 42.5 Å². The Bertz CT molecular complexity index is 840.